The fourth-order valence-corrected chi connectivity index (χ4v) is 2.07. The second kappa shape index (κ2) is 5.60. The first-order chi connectivity index (χ1) is 8.19. The highest BCUT2D eigenvalue weighted by Crippen LogP contribution is 2.16. The SMILES string of the molecule is Fc1ccc(Br)cc1Cn1cc(CCCl)nn1. The summed E-state index contributed by atoms with van der Waals surface area (Å²) >= 11 is 8.92. The first-order valence-corrected chi connectivity index (χ1v) is 6.40. The summed E-state index contributed by atoms with van der Waals surface area (Å²) in [5.74, 6) is 0.256. The first-order valence-electron chi connectivity index (χ1n) is 5.08. The minimum absolute atomic E-state index is 0.248. The van der Waals surface area contributed by atoms with E-state index in [0.717, 1.165) is 10.2 Å². The molecule has 0 atom stereocenters. The predicted octanol–water partition coefficient (Wildman–Crippen LogP) is 3.01. The van der Waals surface area contributed by atoms with Gasteiger partial charge in [0.1, 0.15) is 5.82 Å². The van der Waals surface area contributed by atoms with Gasteiger partial charge in [0.25, 0.3) is 0 Å². The number of hydrogen-bond acceptors (Lipinski definition) is 2. The zero-order valence-electron chi connectivity index (χ0n) is 8.91. The maximum Gasteiger partial charge on any atom is 0.128 e. The molecule has 0 spiro atoms. The van der Waals surface area contributed by atoms with Gasteiger partial charge in [0.2, 0.25) is 0 Å². The van der Waals surface area contributed by atoms with Crippen molar-refractivity contribution < 1.29 is 4.39 Å². The van der Waals surface area contributed by atoms with Gasteiger partial charge in [0.15, 0.2) is 0 Å². The summed E-state index contributed by atoms with van der Waals surface area (Å²) in [4.78, 5) is 0. The lowest BCUT2D eigenvalue weighted by Crippen LogP contribution is -2.02. The molecule has 0 bridgehead atoms. The third kappa shape index (κ3) is 3.26. The molecule has 1 aromatic heterocycles. The summed E-state index contributed by atoms with van der Waals surface area (Å²) in [7, 11) is 0. The number of rotatable bonds is 4. The lowest BCUT2D eigenvalue weighted by molar-refractivity contribution is 0.576. The molecule has 17 heavy (non-hydrogen) atoms. The third-order valence-corrected chi connectivity index (χ3v) is 2.96. The van der Waals surface area contributed by atoms with E-state index in [0.29, 0.717) is 24.4 Å². The topological polar surface area (TPSA) is 30.7 Å². The van der Waals surface area contributed by atoms with Gasteiger partial charge in [-0.2, -0.15) is 0 Å². The molecule has 0 fully saturated rings. The Morgan fingerprint density at radius 2 is 2.24 bits per heavy atom. The van der Waals surface area contributed by atoms with Crippen LogP contribution < -0.4 is 0 Å². The second-order valence-electron chi connectivity index (χ2n) is 3.58. The Labute approximate surface area is 112 Å². The van der Waals surface area contributed by atoms with Gasteiger partial charge in [-0.15, -0.1) is 16.7 Å². The number of hydrogen-bond donors (Lipinski definition) is 0. The van der Waals surface area contributed by atoms with E-state index in [9.17, 15) is 4.39 Å². The highest BCUT2D eigenvalue weighted by molar-refractivity contribution is 9.10. The van der Waals surface area contributed by atoms with Crippen molar-refractivity contribution in [2.75, 3.05) is 5.88 Å². The molecule has 2 aromatic rings. The Morgan fingerprint density at radius 3 is 3.00 bits per heavy atom. The van der Waals surface area contributed by atoms with Gasteiger partial charge in [-0.1, -0.05) is 21.1 Å². The molecule has 0 N–H and O–H groups in total. The fraction of sp³-hybridized carbons (Fsp3) is 0.273. The van der Waals surface area contributed by atoms with E-state index < -0.39 is 0 Å². The molecule has 0 saturated carbocycles. The van der Waals surface area contributed by atoms with E-state index >= 15 is 0 Å². The standard InChI is InChI=1S/C11H10BrClFN3/c12-9-1-2-11(14)8(5-9)6-17-7-10(3-4-13)15-16-17/h1-2,5,7H,3-4,6H2. The van der Waals surface area contributed by atoms with Gasteiger partial charge in [-0.05, 0) is 18.2 Å². The van der Waals surface area contributed by atoms with Crippen LogP contribution in [-0.2, 0) is 13.0 Å². The fourth-order valence-electron chi connectivity index (χ4n) is 1.47. The molecule has 0 aliphatic heterocycles. The quantitative estimate of drug-likeness (QED) is 0.811. The number of benzene rings is 1. The van der Waals surface area contributed by atoms with Gasteiger partial charge in [-0.3, -0.25) is 0 Å². The van der Waals surface area contributed by atoms with Gasteiger partial charge in [0.05, 0.1) is 12.2 Å². The van der Waals surface area contributed by atoms with Crippen LogP contribution in [0.2, 0.25) is 0 Å². The van der Waals surface area contributed by atoms with Crippen LogP contribution >= 0.6 is 27.5 Å². The van der Waals surface area contributed by atoms with Crippen LogP contribution in [0.1, 0.15) is 11.3 Å². The van der Waals surface area contributed by atoms with E-state index in [1.54, 1.807) is 23.0 Å². The van der Waals surface area contributed by atoms with Crippen LogP contribution in [0.3, 0.4) is 0 Å². The van der Waals surface area contributed by atoms with Crippen LogP contribution in [-0.4, -0.2) is 20.9 Å². The zero-order chi connectivity index (χ0) is 12.3. The van der Waals surface area contributed by atoms with Crippen LogP contribution in [0.15, 0.2) is 28.9 Å². The van der Waals surface area contributed by atoms with Gasteiger partial charge in [-0.25, -0.2) is 9.07 Å². The Hall–Kier alpha value is -0.940. The monoisotopic (exact) mass is 317 g/mol. The van der Waals surface area contributed by atoms with Crippen molar-refractivity contribution in [2.24, 2.45) is 0 Å². The van der Waals surface area contributed by atoms with E-state index in [2.05, 4.69) is 26.2 Å². The number of alkyl halides is 1. The normalized spacial score (nSPS) is 10.8. The minimum Gasteiger partial charge on any atom is -0.248 e. The van der Waals surface area contributed by atoms with Crippen molar-refractivity contribution in [2.45, 2.75) is 13.0 Å². The average molecular weight is 319 g/mol. The van der Waals surface area contributed by atoms with Crippen molar-refractivity contribution in [3.05, 3.63) is 45.9 Å². The summed E-state index contributed by atoms with van der Waals surface area (Å²) < 4.78 is 16.0. The second-order valence-corrected chi connectivity index (χ2v) is 4.88. The van der Waals surface area contributed by atoms with Crippen molar-refractivity contribution in [1.29, 1.82) is 0 Å². The molecule has 0 aliphatic rings. The molecule has 2 rings (SSSR count). The Balaban J connectivity index is 2.16. The number of aryl methyl sites for hydroxylation is 1. The van der Waals surface area contributed by atoms with E-state index in [-0.39, 0.29) is 5.82 Å². The summed E-state index contributed by atoms with van der Waals surface area (Å²) in [5, 5.41) is 7.88. The molecule has 0 unspecified atom stereocenters. The van der Waals surface area contributed by atoms with Crippen LogP contribution in [0.4, 0.5) is 4.39 Å². The van der Waals surface area contributed by atoms with Gasteiger partial charge >= 0.3 is 0 Å². The Kier molecular flexibility index (Phi) is 4.12. The van der Waals surface area contributed by atoms with Crippen molar-refractivity contribution >= 4 is 27.5 Å². The molecule has 90 valence electrons. The molecule has 0 radical (unpaired) electrons. The molecule has 0 saturated heterocycles. The maximum atomic E-state index is 13.5. The highest BCUT2D eigenvalue weighted by atomic mass is 79.9. The van der Waals surface area contributed by atoms with Crippen molar-refractivity contribution in [3.8, 4) is 0 Å². The highest BCUT2D eigenvalue weighted by Gasteiger charge is 2.06. The Bertz CT molecular complexity index is 515. The largest absolute Gasteiger partial charge is 0.248 e. The van der Waals surface area contributed by atoms with Gasteiger partial charge in [0, 0.05) is 28.5 Å². The first kappa shape index (κ1) is 12.5. The Morgan fingerprint density at radius 1 is 1.41 bits per heavy atom. The molecule has 3 nitrogen and oxygen atoms in total. The van der Waals surface area contributed by atoms with Crippen LogP contribution in [0.25, 0.3) is 0 Å². The summed E-state index contributed by atoms with van der Waals surface area (Å²) in [6, 6.07) is 4.83. The third-order valence-electron chi connectivity index (χ3n) is 2.28. The molecule has 0 aliphatic carbocycles. The molecule has 6 heteroatoms. The van der Waals surface area contributed by atoms with E-state index in [1.807, 2.05) is 0 Å². The molecule has 1 heterocycles. The van der Waals surface area contributed by atoms with Crippen LogP contribution in [0.5, 0.6) is 0 Å². The zero-order valence-corrected chi connectivity index (χ0v) is 11.2. The van der Waals surface area contributed by atoms with Crippen LogP contribution in [0, 0.1) is 5.82 Å². The van der Waals surface area contributed by atoms with Gasteiger partial charge < -0.3 is 0 Å². The number of aromatic nitrogens is 3. The lowest BCUT2D eigenvalue weighted by Gasteiger charge is -2.03. The smallest absolute Gasteiger partial charge is 0.128 e. The van der Waals surface area contributed by atoms with Crippen molar-refractivity contribution in [1.82, 2.24) is 15.0 Å². The maximum absolute atomic E-state index is 13.5. The number of halogens is 3. The summed E-state index contributed by atoms with van der Waals surface area (Å²) in [6.07, 6.45) is 2.45. The minimum atomic E-state index is -0.248. The molecular formula is C11H10BrClFN3. The van der Waals surface area contributed by atoms with Crippen molar-refractivity contribution in [3.63, 3.8) is 0 Å². The number of nitrogens with zero attached hydrogens (tertiary/aromatic N) is 3. The predicted molar refractivity (Wildman–Crippen MR) is 67.6 cm³/mol. The van der Waals surface area contributed by atoms with E-state index in [4.69, 9.17) is 11.6 Å². The van der Waals surface area contributed by atoms with E-state index in [1.165, 1.54) is 6.07 Å². The molecular weight excluding hydrogens is 308 g/mol. The molecule has 1 aromatic carbocycles. The average Bonchev–Trinajstić information content (AvgIpc) is 2.72. The summed E-state index contributed by atoms with van der Waals surface area (Å²) in [5.41, 5.74) is 1.39. The lowest BCUT2D eigenvalue weighted by atomic mass is 10.2. The molecule has 0 amide bonds. The summed E-state index contributed by atoms with van der Waals surface area (Å²) in [6.45, 7) is 0.362.